The van der Waals surface area contributed by atoms with Gasteiger partial charge in [0, 0.05) is 0 Å². The van der Waals surface area contributed by atoms with E-state index in [9.17, 15) is 0 Å². The number of aliphatic hydroxyl groups excluding tert-OH is 1. The van der Waals surface area contributed by atoms with Gasteiger partial charge in [0.25, 0.3) is 0 Å². The normalized spacial score (nSPS) is 13.1. The lowest BCUT2D eigenvalue weighted by molar-refractivity contribution is 0.240. The summed E-state index contributed by atoms with van der Waals surface area (Å²) in [6.45, 7) is 12.2. The van der Waals surface area contributed by atoms with E-state index in [1.807, 2.05) is 0 Å². The molecule has 0 spiro atoms. The zero-order chi connectivity index (χ0) is 14.0. The minimum absolute atomic E-state index is 0.112. The third kappa shape index (κ3) is 3.88. The number of rotatable bonds is 5. The van der Waals surface area contributed by atoms with E-state index < -0.39 is 8.32 Å². The Morgan fingerprint density at radius 3 is 2.50 bits per heavy atom. The molecule has 18 heavy (non-hydrogen) atoms. The molecule has 0 amide bonds. The van der Waals surface area contributed by atoms with Gasteiger partial charge in [-0.05, 0) is 34.1 Å². The van der Waals surface area contributed by atoms with Crippen molar-refractivity contribution >= 4 is 24.2 Å². The zero-order valence-electron chi connectivity index (χ0n) is 11.7. The molecular weight excluding hydrogens is 314 g/mol. The average molecular weight is 336 g/mol. The molecule has 0 unspecified atom stereocenters. The van der Waals surface area contributed by atoms with Crippen molar-refractivity contribution in [2.75, 3.05) is 6.61 Å². The highest BCUT2D eigenvalue weighted by atomic mass is 79.9. The largest absolute Gasteiger partial charge is 0.415 e. The molecule has 0 bridgehead atoms. The molecule has 0 saturated heterocycles. The van der Waals surface area contributed by atoms with Crippen molar-refractivity contribution < 1.29 is 9.53 Å². The van der Waals surface area contributed by atoms with Gasteiger partial charge < -0.3 is 9.53 Å². The van der Waals surface area contributed by atoms with Gasteiger partial charge in [-0.15, -0.1) is 5.10 Å². The van der Waals surface area contributed by atoms with E-state index in [4.69, 9.17) is 9.53 Å². The molecule has 0 radical (unpaired) electrons. The second-order valence-corrected chi connectivity index (χ2v) is 11.3. The molecule has 104 valence electrons. The van der Waals surface area contributed by atoms with Gasteiger partial charge >= 0.3 is 0 Å². The van der Waals surface area contributed by atoms with Crippen molar-refractivity contribution in [3.8, 4) is 0 Å². The van der Waals surface area contributed by atoms with Crippen LogP contribution in [0, 0.1) is 0 Å². The Bertz CT molecular complexity index is 401. The number of halogens is 1. The number of hydrogen-bond donors (Lipinski definition) is 1. The molecule has 0 aromatic carbocycles. The van der Waals surface area contributed by atoms with Crippen LogP contribution in [0.25, 0.3) is 0 Å². The van der Waals surface area contributed by atoms with Crippen LogP contribution in [0.5, 0.6) is 0 Å². The van der Waals surface area contributed by atoms with Crippen LogP contribution in [0.1, 0.15) is 26.6 Å². The maximum Gasteiger partial charge on any atom is 0.217 e. The van der Waals surface area contributed by atoms with Crippen LogP contribution in [-0.2, 0) is 17.6 Å². The lowest BCUT2D eigenvalue weighted by atomic mass is 10.2. The topological polar surface area (TPSA) is 60.2 Å². The molecule has 1 aromatic rings. The number of nitrogens with zero attached hydrogens (tertiary/aromatic N) is 3. The fourth-order valence-corrected chi connectivity index (χ4v) is 2.67. The summed E-state index contributed by atoms with van der Waals surface area (Å²) < 4.78 is 8.24. The third-order valence-corrected chi connectivity index (χ3v) is 8.31. The SMILES string of the molecule is CC(C)(C)[Si](C)(C)OCCn1nc(Br)nc1CO. The first-order valence-electron chi connectivity index (χ1n) is 6.01. The van der Waals surface area contributed by atoms with Gasteiger partial charge in [-0.3, -0.25) is 0 Å². The third-order valence-electron chi connectivity index (χ3n) is 3.44. The van der Waals surface area contributed by atoms with Gasteiger partial charge in [0.1, 0.15) is 6.61 Å². The van der Waals surface area contributed by atoms with Gasteiger partial charge in [-0.1, -0.05) is 20.8 Å². The Balaban J connectivity index is 2.56. The first-order valence-corrected chi connectivity index (χ1v) is 9.71. The van der Waals surface area contributed by atoms with Crippen LogP contribution >= 0.6 is 15.9 Å². The molecule has 0 aliphatic rings. The fraction of sp³-hybridized carbons (Fsp3) is 0.818. The van der Waals surface area contributed by atoms with Crippen molar-refractivity contribution in [2.45, 2.75) is 52.1 Å². The first-order chi connectivity index (χ1) is 8.17. The maximum atomic E-state index is 9.14. The number of hydrogen-bond acceptors (Lipinski definition) is 4. The van der Waals surface area contributed by atoms with Crippen LogP contribution in [-0.4, -0.2) is 34.8 Å². The van der Waals surface area contributed by atoms with Crippen molar-refractivity contribution in [1.82, 2.24) is 14.8 Å². The lowest BCUT2D eigenvalue weighted by Crippen LogP contribution is -2.41. The smallest absolute Gasteiger partial charge is 0.217 e. The Morgan fingerprint density at radius 2 is 2.00 bits per heavy atom. The molecular formula is C11H22BrN3O2Si. The lowest BCUT2D eigenvalue weighted by Gasteiger charge is -2.36. The molecule has 5 nitrogen and oxygen atoms in total. The van der Waals surface area contributed by atoms with Gasteiger partial charge in [-0.25, -0.2) is 9.67 Å². The summed E-state index contributed by atoms with van der Waals surface area (Å²) in [5.74, 6) is 0.556. The van der Waals surface area contributed by atoms with Crippen LogP contribution < -0.4 is 0 Å². The monoisotopic (exact) mass is 335 g/mol. The average Bonchev–Trinajstić information content (AvgIpc) is 2.57. The second kappa shape index (κ2) is 5.81. The Kier molecular flexibility index (Phi) is 5.11. The van der Waals surface area contributed by atoms with Gasteiger partial charge in [0.15, 0.2) is 14.1 Å². The minimum atomic E-state index is -1.72. The van der Waals surface area contributed by atoms with Gasteiger partial charge in [0.2, 0.25) is 4.73 Å². The summed E-state index contributed by atoms with van der Waals surface area (Å²) in [7, 11) is -1.72. The second-order valence-electron chi connectivity index (χ2n) is 5.79. The summed E-state index contributed by atoms with van der Waals surface area (Å²) in [4.78, 5) is 4.07. The Hall–Kier alpha value is -0.243. The van der Waals surface area contributed by atoms with E-state index in [1.54, 1.807) is 4.68 Å². The van der Waals surface area contributed by atoms with Crippen molar-refractivity contribution in [1.29, 1.82) is 0 Å². The number of aromatic nitrogens is 3. The highest BCUT2D eigenvalue weighted by molar-refractivity contribution is 9.10. The number of aliphatic hydroxyl groups is 1. The summed E-state index contributed by atoms with van der Waals surface area (Å²) >= 11 is 3.20. The molecule has 0 aliphatic carbocycles. The van der Waals surface area contributed by atoms with Crippen molar-refractivity contribution in [3.05, 3.63) is 10.6 Å². The summed E-state index contributed by atoms with van der Waals surface area (Å²) in [6.07, 6.45) is 0. The standard InChI is InChI=1S/C11H22BrN3O2Si/c1-11(2,3)18(4,5)17-7-6-15-9(8-16)13-10(12)14-15/h16H,6-8H2,1-5H3. The molecule has 1 N–H and O–H groups in total. The predicted octanol–water partition coefficient (Wildman–Crippen LogP) is 2.55. The molecule has 0 atom stereocenters. The van der Waals surface area contributed by atoms with E-state index >= 15 is 0 Å². The Morgan fingerprint density at radius 1 is 1.39 bits per heavy atom. The summed E-state index contributed by atoms with van der Waals surface area (Å²) in [6, 6.07) is 0. The van der Waals surface area contributed by atoms with Crippen LogP contribution in [0.3, 0.4) is 0 Å². The van der Waals surface area contributed by atoms with E-state index in [0.29, 0.717) is 23.7 Å². The van der Waals surface area contributed by atoms with Gasteiger partial charge in [0.05, 0.1) is 13.2 Å². The maximum absolute atomic E-state index is 9.14. The van der Waals surface area contributed by atoms with Crippen LogP contribution in [0.2, 0.25) is 18.1 Å². The van der Waals surface area contributed by atoms with Gasteiger partial charge in [-0.2, -0.15) is 0 Å². The highest BCUT2D eigenvalue weighted by Crippen LogP contribution is 2.36. The molecule has 0 aliphatic heterocycles. The minimum Gasteiger partial charge on any atom is -0.415 e. The van der Waals surface area contributed by atoms with Crippen molar-refractivity contribution in [2.24, 2.45) is 0 Å². The molecule has 0 saturated carbocycles. The Labute approximate surface area is 118 Å². The molecule has 0 fully saturated rings. The van der Waals surface area contributed by atoms with E-state index in [2.05, 4.69) is 59.9 Å². The molecule has 1 rings (SSSR count). The predicted molar refractivity (Wildman–Crippen MR) is 76.8 cm³/mol. The molecule has 1 heterocycles. The van der Waals surface area contributed by atoms with E-state index in [0.717, 1.165) is 0 Å². The van der Waals surface area contributed by atoms with Crippen LogP contribution in [0.15, 0.2) is 4.73 Å². The highest BCUT2D eigenvalue weighted by Gasteiger charge is 2.36. The molecule has 1 aromatic heterocycles. The molecule has 7 heteroatoms. The van der Waals surface area contributed by atoms with E-state index in [-0.39, 0.29) is 11.6 Å². The summed E-state index contributed by atoms with van der Waals surface area (Å²) in [5.41, 5.74) is 0. The van der Waals surface area contributed by atoms with Crippen molar-refractivity contribution in [3.63, 3.8) is 0 Å². The van der Waals surface area contributed by atoms with Crippen LogP contribution in [0.4, 0.5) is 0 Å². The quantitative estimate of drug-likeness (QED) is 0.840. The van der Waals surface area contributed by atoms with E-state index in [1.165, 1.54) is 0 Å². The fourth-order valence-electron chi connectivity index (χ4n) is 1.24. The first kappa shape index (κ1) is 15.8. The summed E-state index contributed by atoms with van der Waals surface area (Å²) in [5, 5.41) is 13.5. The zero-order valence-corrected chi connectivity index (χ0v) is 14.3.